The largest absolute Gasteiger partial charge is 0.361 e. The highest BCUT2D eigenvalue weighted by Crippen LogP contribution is 2.19. The van der Waals surface area contributed by atoms with E-state index in [2.05, 4.69) is 23.3 Å². The molecule has 0 radical (unpaired) electrons. The fourth-order valence-electron chi connectivity index (χ4n) is 4.65. The average Bonchev–Trinajstić information content (AvgIpc) is 3.23. The van der Waals surface area contributed by atoms with Crippen molar-refractivity contribution in [3.8, 4) is 0 Å². The fraction of sp³-hybridized carbons (Fsp3) is 0.690. The van der Waals surface area contributed by atoms with Gasteiger partial charge in [-0.2, -0.15) is 0 Å². The molecule has 0 saturated heterocycles. The van der Waals surface area contributed by atoms with Gasteiger partial charge in [-0.15, -0.1) is 0 Å². The number of carbonyl (C=O) groups is 1. The number of para-hydroxylation sites is 1. The normalized spacial score (nSPS) is 12.3. The molecule has 0 spiro atoms. The Morgan fingerprint density at radius 1 is 0.818 bits per heavy atom. The summed E-state index contributed by atoms with van der Waals surface area (Å²) in [6.45, 7) is 3.02. The molecule has 0 aliphatic heterocycles. The van der Waals surface area contributed by atoms with Crippen LogP contribution in [0.5, 0.6) is 0 Å². The van der Waals surface area contributed by atoms with E-state index >= 15 is 0 Å². The first-order chi connectivity index (χ1) is 16.2. The Hall–Kier alpha value is -1.81. The first-order valence-corrected chi connectivity index (χ1v) is 13.8. The lowest BCUT2D eigenvalue weighted by Crippen LogP contribution is -2.42. The number of rotatable bonds is 20. The zero-order valence-corrected chi connectivity index (χ0v) is 21.2. The van der Waals surface area contributed by atoms with Gasteiger partial charge in [0.2, 0.25) is 5.91 Å². The van der Waals surface area contributed by atoms with Gasteiger partial charge >= 0.3 is 0 Å². The molecule has 2 aromatic rings. The van der Waals surface area contributed by atoms with Gasteiger partial charge in [0.15, 0.2) is 0 Å². The SMILES string of the molecule is CCCCCCCCCCCCCCCCCCNC(=O)C(N)Cc1c[nH]c2ccccc12. The molecular weight excluding hydrogens is 406 g/mol. The van der Waals surface area contributed by atoms with Gasteiger partial charge in [-0.05, 0) is 24.5 Å². The summed E-state index contributed by atoms with van der Waals surface area (Å²) in [7, 11) is 0. The molecule has 1 amide bonds. The van der Waals surface area contributed by atoms with Crippen LogP contribution >= 0.6 is 0 Å². The van der Waals surface area contributed by atoms with Crippen LogP contribution in [-0.4, -0.2) is 23.5 Å². The molecule has 0 saturated carbocycles. The van der Waals surface area contributed by atoms with Crippen molar-refractivity contribution in [2.24, 2.45) is 5.73 Å². The Kier molecular flexibility index (Phi) is 14.7. The number of H-pyrrole nitrogens is 1. The number of hydrogen-bond acceptors (Lipinski definition) is 2. The smallest absolute Gasteiger partial charge is 0.237 e. The molecule has 1 aromatic heterocycles. The van der Waals surface area contributed by atoms with Gasteiger partial charge in [-0.1, -0.05) is 121 Å². The fourth-order valence-corrected chi connectivity index (χ4v) is 4.65. The molecule has 1 unspecified atom stereocenters. The van der Waals surface area contributed by atoms with Crippen LogP contribution in [-0.2, 0) is 11.2 Å². The van der Waals surface area contributed by atoms with E-state index in [-0.39, 0.29) is 5.91 Å². The average molecular weight is 456 g/mol. The molecule has 0 aliphatic carbocycles. The van der Waals surface area contributed by atoms with Crippen LogP contribution in [0.15, 0.2) is 30.5 Å². The molecule has 0 fully saturated rings. The van der Waals surface area contributed by atoms with E-state index in [1.807, 2.05) is 24.4 Å². The van der Waals surface area contributed by atoms with Crippen molar-refractivity contribution in [2.45, 2.75) is 122 Å². The third-order valence-electron chi connectivity index (χ3n) is 6.78. The molecule has 4 heteroatoms. The second kappa shape index (κ2) is 17.6. The van der Waals surface area contributed by atoms with E-state index in [4.69, 9.17) is 5.73 Å². The van der Waals surface area contributed by atoms with Crippen LogP contribution in [0.25, 0.3) is 10.9 Å². The van der Waals surface area contributed by atoms with E-state index in [0.29, 0.717) is 6.42 Å². The lowest BCUT2D eigenvalue weighted by molar-refractivity contribution is -0.122. The van der Waals surface area contributed by atoms with E-state index in [1.165, 1.54) is 96.3 Å². The monoisotopic (exact) mass is 455 g/mol. The van der Waals surface area contributed by atoms with Gasteiger partial charge in [0, 0.05) is 23.6 Å². The molecule has 4 N–H and O–H groups in total. The van der Waals surface area contributed by atoms with Gasteiger partial charge in [0.1, 0.15) is 0 Å². The summed E-state index contributed by atoms with van der Waals surface area (Å²) >= 11 is 0. The topological polar surface area (TPSA) is 70.9 Å². The number of aromatic amines is 1. The molecule has 33 heavy (non-hydrogen) atoms. The van der Waals surface area contributed by atoms with Gasteiger partial charge in [-0.25, -0.2) is 0 Å². The lowest BCUT2D eigenvalue weighted by Gasteiger charge is -2.12. The number of benzene rings is 1. The van der Waals surface area contributed by atoms with E-state index < -0.39 is 6.04 Å². The number of unbranched alkanes of at least 4 members (excludes halogenated alkanes) is 15. The second-order valence-electron chi connectivity index (χ2n) is 9.76. The first kappa shape index (κ1) is 27.4. The second-order valence-corrected chi connectivity index (χ2v) is 9.76. The third-order valence-corrected chi connectivity index (χ3v) is 6.78. The van der Waals surface area contributed by atoms with Crippen LogP contribution in [0.4, 0.5) is 0 Å². The zero-order chi connectivity index (χ0) is 23.6. The molecule has 1 aromatic carbocycles. The Labute approximate surface area is 202 Å². The van der Waals surface area contributed by atoms with Gasteiger partial charge in [0.05, 0.1) is 6.04 Å². The minimum absolute atomic E-state index is 0.0405. The molecule has 4 nitrogen and oxygen atoms in total. The summed E-state index contributed by atoms with van der Waals surface area (Å²) in [5, 5.41) is 4.17. The number of amides is 1. The maximum absolute atomic E-state index is 12.3. The summed E-state index contributed by atoms with van der Waals surface area (Å²) in [5.74, 6) is -0.0405. The summed E-state index contributed by atoms with van der Waals surface area (Å²) in [6.07, 6.45) is 24.3. The molecular formula is C29H49N3O. The number of nitrogens with one attached hydrogen (secondary N) is 2. The minimum atomic E-state index is -0.495. The van der Waals surface area contributed by atoms with Crippen LogP contribution in [0.3, 0.4) is 0 Å². The molecule has 1 atom stereocenters. The number of hydrogen-bond donors (Lipinski definition) is 3. The van der Waals surface area contributed by atoms with Crippen molar-refractivity contribution in [1.82, 2.24) is 10.3 Å². The highest BCUT2D eigenvalue weighted by Gasteiger charge is 2.15. The third kappa shape index (κ3) is 11.7. The van der Waals surface area contributed by atoms with Crippen LogP contribution in [0, 0.1) is 0 Å². The van der Waals surface area contributed by atoms with Crippen LogP contribution in [0.1, 0.15) is 115 Å². The standard InChI is InChI=1S/C29H49N3O/c1-2-3-4-5-6-7-8-9-10-11-12-13-14-15-16-19-22-31-29(33)27(30)23-25-24-32-28-21-18-17-20-26(25)28/h17-18,20-21,24,27,32H,2-16,19,22-23,30H2,1H3,(H,31,33). The predicted octanol–water partition coefficient (Wildman–Crippen LogP) is 7.42. The van der Waals surface area contributed by atoms with Crippen molar-refractivity contribution >= 4 is 16.8 Å². The molecule has 1 heterocycles. The minimum Gasteiger partial charge on any atom is -0.361 e. The Morgan fingerprint density at radius 3 is 1.91 bits per heavy atom. The van der Waals surface area contributed by atoms with Crippen LogP contribution < -0.4 is 11.1 Å². The Bertz CT molecular complexity index is 754. The van der Waals surface area contributed by atoms with Crippen molar-refractivity contribution in [3.05, 3.63) is 36.0 Å². The quantitative estimate of drug-likeness (QED) is 0.182. The Balaban J connectivity index is 1.37. The van der Waals surface area contributed by atoms with E-state index in [9.17, 15) is 4.79 Å². The van der Waals surface area contributed by atoms with Crippen molar-refractivity contribution in [3.63, 3.8) is 0 Å². The predicted molar refractivity (Wildman–Crippen MR) is 143 cm³/mol. The molecule has 0 bridgehead atoms. The lowest BCUT2D eigenvalue weighted by atomic mass is 10.0. The number of fused-ring (bicyclic) bond motifs is 1. The zero-order valence-electron chi connectivity index (χ0n) is 21.2. The summed E-state index contributed by atoms with van der Waals surface area (Å²) in [4.78, 5) is 15.6. The maximum Gasteiger partial charge on any atom is 0.237 e. The van der Waals surface area contributed by atoms with Gasteiger partial charge in [0.25, 0.3) is 0 Å². The van der Waals surface area contributed by atoms with Gasteiger partial charge in [-0.3, -0.25) is 4.79 Å². The van der Waals surface area contributed by atoms with E-state index in [0.717, 1.165) is 29.4 Å². The molecule has 2 rings (SSSR count). The van der Waals surface area contributed by atoms with Crippen LogP contribution in [0.2, 0.25) is 0 Å². The summed E-state index contributed by atoms with van der Waals surface area (Å²) < 4.78 is 0. The first-order valence-electron chi connectivity index (χ1n) is 13.8. The van der Waals surface area contributed by atoms with Crippen molar-refractivity contribution in [1.29, 1.82) is 0 Å². The highest BCUT2D eigenvalue weighted by atomic mass is 16.2. The highest BCUT2D eigenvalue weighted by molar-refractivity contribution is 5.86. The van der Waals surface area contributed by atoms with Crippen molar-refractivity contribution < 1.29 is 4.79 Å². The number of nitrogens with two attached hydrogens (primary N) is 1. The number of aromatic nitrogens is 1. The summed E-state index contributed by atoms with van der Waals surface area (Å²) in [5.41, 5.74) is 8.34. The van der Waals surface area contributed by atoms with E-state index in [1.54, 1.807) is 0 Å². The van der Waals surface area contributed by atoms with Crippen molar-refractivity contribution in [2.75, 3.05) is 6.54 Å². The Morgan fingerprint density at radius 2 is 1.33 bits per heavy atom. The number of carbonyl (C=O) groups excluding carboxylic acids is 1. The molecule has 0 aliphatic rings. The summed E-state index contributed by atoms with van der Waals surface area (Å²) in [6, 6.07) is 7.64. The van der Waals surface area contributed by atoms with Gasteiger partial charge < -0.3 is 16.0 Å². The maximum atomic E-state index is 12.3. The molecule has 186 valence electrons.